The molecule has 0 aliphatic heterocycles. The molecule has 1 rings (SSSR count). The molecule has 1 heteroatoms. The molecular formula is C11H20O. The van der Waals surface area contributed by atoms with Crippen molar-refractivity contribution in [3.63, 3.8) is 0 Å². The van der Waals surface area contributed by atoms with Gasteiger partial charge in [-0.2, -0.15) is 0 Å². The summed E-state index contributed by atoms with van der Waals surface area (Å²) in [6.45, 7) is 7.97. The molecular weight excluding hydrogens is 148 g/mol. The van der Waals surface area contributed by atoms with Crippen LogP contribution in [-0.2, 0) is 0 Å². The standard InChI is InChI=1S/C11H20O/c1-4-9(2)11(12)8-6-5-7-10(11)3/h4,9-10,12H,1,5-8H2,2-3H3/t9-,10-,11-/m1/s1. The van der Waals surface area contributed by atoms with Crippen molar-refractivity contribution in [3.8, 4) is 0 Å². The monoisotopic (exact) mass is 168 g/mol. The Kier molecular flexibility index (Phi) is 2.94. The second kappa shape index (κ2) is 3.61. The summed E-state index contributed by atoms with van der Waals surface area (Å²) < 4.78 is 0. The van der Waals surface area contributed by atoms with Crippen LogP contribution in [0.3, 0.4) is 0 Å². The summed E-state index contributed by atoms with van der Waals surface area (Å²) in [5.41, 5.74) is -0.472. The minimum Gasteiger partial charge on any atom is -0.389 e. The fourth-order valence-electron chi connectivity index (χ4n) is 2.24. The first kappa shape index (κ1) is 9.79. The lowest BCUT2D eigenvalue weighted by molar-refractivity contribution is -0.0695. The van der Waals surface area contributed by atoms with Crippen molar-refractivity contribution >= 4 is 0 Å². The molecule has 3 atom stereocenters. The Labute approximate surface area is 75.5 Å². The van der Waals surface area contributed by atoms with Crippen LogP contribution in [0.5, 0.6) is 0 Å². The molecule has 0 bridgehead atoms. The van der Waals surface area contributed by atoms with Gasteiger partial charge in [0.1, 0.15) is 0 Å². The van der Waals surface area contributed by atoms with E-state index in [4.69, 9.17) is 0 Å². The van der Waals surface area contributed by atoms with Gasteiger partial charge in [-0.3, -0.25) is 0 Å². The lowest BCUT2D eigenvalue weighted by Crippen LogP contribution is -2.44. The Hall–Kier alpha value is -0.300. The average Bonchev–Trinajstić information content (AvgIpc) is 2.09. The molecule has 0 radical (unpaired) electrons. The van der Waals surface area contributed by atoms with E-state index in [1.807, 2.05) is 6.08 Å². The molecule has 0 spiro atoms. The van der Waals surface area contributed by atoms with Gasteiger partial charge in [-0.25, -0.2) is 0 Å². The molecule has 1 nitrogen and oxygen atoms in total. The van der Waals surface area contributed by atoms with Gasteiger partial charge in [-0.05, 0) is 18.8 Å². The molecule has 0 aromatic heterocycles. The summed E-state index contributed by atoms with van der Waals surface area (Å²) in [5, 5.41) is 10.3. The second-order valence-corrected chi connectivity index (χ2v) is 4.16. The molecule has 0 aromatic carbocycles. The predicted octanol–water partition coefficient (Wildman–Crippen LogP) is 2.75. The Morgan fingerprint density at radius 2 is 2.25 bits per heavy atom. The fourth-order valence-corrected chi connectivity index (χ4v) is 2.24. The molecule has 1 aliphatic carbocycles. The number of aliphatic hydroxyl groups is 1. The molecule has 1 N–H and O–H groups in total. The van der Waals surface area contributed by atoms with Crippen molar-refractivity contribution in [2.24, 2.45) is 11.8 Å². The van der Waals surface area contributed by atoms with Gasteiger partial charge in [0.2, 0.25) is 0 Å². The van der Waals surface area contributed by atoms with E-state index in [0.717, 1.165) is 12.8 Å². The normalized spacial score (nSPS) is 39.1. The molecule has 1 fully saturated rings. The fraction of sp³-hybridized carbons (Fsp3) is 0.818. The maximum atomic E-state index is 10.3. The van der Waals surface area contributed by atoms with Gasteiger partial charge >= 0.3 is 0 Å². The van der Waals surface area contributed by atoms with Gasteiger partial charge in [0.05, 0.1) is 5.60 Å². The van der Waals surface area contributed by atoms with E-state index in [0.29, 0.717) is 5.92 Å². The summed E-state index contributed by atoms with van der Waals surface area (Å²) >= 11 is 0. The van der Waals surface area contributed by atoms with Crippen molar-refractivity contribution < 1.29 is 5.11 Å². The molecule has 1 saturated carbocycles. The maximum absolute atomic E-state index is 10.3. The molecule has 0 aromatic rings. The first-order valence-electron chi connectivity index (χ1n) is 4.96. The molecule has 0 amide bonds. The van der Waals surface area contributed by atoms with Gasteiger partial charge in [-0.1, -0.05) is 32.8 Å². The van der Waals surface area contributed by atoms with Crippen LogP contribution in [0.4, 0.5) is 0 Å². The molecule has 0 saturated heterocycles. The van der Waals surface area contributed by atoms with Crippen molar-refractivity contribution in [2.45, 2.75) is 45.1 Å². The Morgan fingerprint density at radius 3 is 2.75 bits per heavy atom. The lowest BCUT2D eigenvalue weighted by atomic mass is 9.70. The van der Waals surface area contributed by atoms with Crippen LogP contribution >= 0.6 is 0 Å². The predicted molar refractivity (Wildman–Crippen MR) is 51.9 cm³/mol. The topological polar surface area (TPSA) is 20.2 Å². The minimum atomic E-state index is -0.472. The minimum absolute atomic E-state index is 0.229. The van der Waals surface area contributed by atoms with Crippen LogP contribution in [0, 0.1) is 11.8 Å². The largest absolute Gasteiger partial charge is 0.389 e. The molecule has 0 heterocycles. The zero-order valence-electron chi connectivity index (χ0n) is 8.21. The molecule has 1 aliphatic rings. The van der Waals surface area contributed by atoms with Crippen molar-refractivity contribution in [3.05, 3.63) is 12.7 Å². The van der Waals surface area contributed by atoms with Crippen molar-refractivity contribution in [1.29, 1.82) is 0 Å². The number of hydrogen-bond acceptors (Lipinski definition) is 1. The zero-order valence-corrected chi connectivity index (χ0v) is 8.21. The SMILES string of the molecule is C=C[C@@H](C)[C@]1(O)CCCC[C@H]1C. The van der Waals surface area contributed by atoms with Crippen LogP contribution in [0.2, 0.25) is 0 Å². The summed E-state index contributed by atoms with van der Waals surface area (Å²) in [7, 11) is 0. The van der Waals surface area contributed by atoms with E-state index in [-0.39, 0.29) is 5.92 Å². The van der Waals surface area contributed by atoms with Crippen LogP contribution in [0.1, 0.15) is 39.5 Å². The van der Waals surface area contributed by atoms with Crippen LogP contribution in [0.15, 0.2) is 12.7 Å². The van der Waals surface area contributed by atoms with E-state index in [1.54, 1.807) is 0 Å². The van der Waals surface area contributed by atoms with Gasteiger partial charge in [0.15, 0.2) is 0 Å². The van der Waals surface area contributed by atoms with Gasteiger partial charge in [0.25, 0.3) is 0 Å². The highest BCUT2D eigenvalue weighted by Crippen LogP contribution is 2.39. The van der Waals surface area contributed by atoms with Gasteiger partial charge in [0, 0.05) is 5.92 Å². The summed E-state index contributed by atoms with van der Waals surface area (Å²) in [6, 6.07) is 0. The van der Waals surface area contributed by atoms with E-state index in [9.17, 15) is 5.11 Å². The highest BCUT2D eigenvalue weighted by Gasteiger charge is 2.39. The van der Waals surface area contributed by atoms with Gasteiger partial charge in [-0.15, -0.1) is 6.58 Å². The van der Waals surface area contributed by atoms with E-state index >= 15 is 0 Å². The third-order valence-electron chi connectivity index (χ3n) is 3.46. The highest BCUT2D eigenvalue weighted by molar-refractivity contribution is 4.98. The van der Waals surface area contributed by atoms with Crippen LogP contribution < -0.4 is 0 Å². The van der Waals surface area contributed by atoms with Crippen molar-refractivity contribution in [2.75, 3.05) is 0 Å². The Bertz CT molecular complexity index is 164. The molecule has 0 unspecified atom stereocenters. The first-order chi connectivity index (χ1) is 5.61. The molecule has 70 valence electrons. The third kappa shape index (κ3) is 1.56. The average molecular weight is 168 g/mol. The first-order valence-corrected chi connectivity index (χ1v) is 4.96. The third-order valence-corrected chi connectivity index (χ3v) is 3.46. The summed E-state index contributed by atoms with van der Waals surface area (Å²) in [4.78, 5) is 0. The van der Waals surface area contributed by atoms with E-state index in [1.165, 1.54) is 12.8 Å². The van der Waals surface area contributed by atoms with Crippen LogP contribution in [0.25, 0.3) is 0 Å². The van der Waals surface area contributed by atoms with E-state index < -0.39 is 5.60 Å². The van der Waals surface area contributed by atoms with Crippen molar-refractivity contribution in [1.82, 2.24) is 0 Å². The smallest absolute Gasteiger partial charge is 0.0732 e. The quantitative estimate of drug-likeness (QED) is 0.629. The zero-order chi connectivity index (χ0) is 9.19. The highest BCUT2D eigenvalue weighted by atomic mass is 16.3. The second-order valence-electron chi connectivity index (χ2n) is 4.16. The van der Waals surface area contributed by atoms with E-state index in [2.05, 4.69) is 20.4 Å². The summed E-state index contributed by atoms with van der Waals surface area (Å²) in [5.74, 6) is 0.659. The molecule has 12 heavy (non-hydrogen) atoms. The summed E-state index contributed by atoms with van der Waals surface area (Å²) in [6.07, 6.45) is 6.42. The Morgan fingerprint density at radius 1 is 1.58 bits per heavy atom. The maximum Gasteiger partial charge on any atom is 0.0732 e. The number of rotatable bonds is 2. The lowest BCUT2D eigenvalue weighted by Gasteiger charge is -2.41. The van der Waals surface area contributed by atoms with Crippen LogP contribution in [-0.4, -0.2) is 10.7 Å². The number of hydrogen-bond donors (Lipinski definition) is 1. The van der Waals surface area contributed by atoms with Gasteiger partial charge < -0.3 is 5.11 Å². The Balaban J connectivity index is 2.71.